The molecule has 1 aromatic carbocycles. The summed E-state index contributed by atoms with van der Waals surface area (Å²) in [6, 6.07) is 4.88. The number of nitrogens with one attached hydrogen (secondary N) is 1. The molecule has 0 bridgehead atoms. The zero-order chi connectivity index (χ0) is 18.6. The first kappa shape index (κ1) is 19.4. The van der Waals surface area contributed by atoms with Crippen molar-refractivity contribution in [2.45, 2.75) is 37.2 Å². The molecule has 0 aliphatic carbocycles. The molecule has 2 rings (SSSR count). The fraction of sp³-hybridized carbons (Fsp3) is 0.500. The summed E-state index contributed by atoms with van der Waals surface area (Å²) in [5, 5.41) is 8.99. The average Bonchev–Trinajstić information content (AvgIpc) is 2.53. The number of nitrogens with zero attached hydrogens (tertiary/aromatic N) is 1. The van der Waals surface area contributed by atoms with Crippen LogP contribution < -0.4 is 4.72 Å². The Bertz CT molecular complexity index is 747. The molecular formula is C16H22N2O6S. The van der Waals surface area contributed by atoms with Gasteiger partial charge in [0.15, 0.2) is 0 Å². The number of carboxylic acids is 1. The first-order valence-corrected chi connectivity index (χ1v) is 9.42. The Kier molecular flexibility index (Phi) is 6.15. The molecule has 0 aromatic heterocycles. The summed E-state index contributed by atoms with van der Waals surface area (Å²) < 4.78 is 32.3. The first-order valence-electron chi connectivity index (χ1n) is 7.93. The monoisotopic (exact) mass is 370 g/mol. The Labute approximate surface area is 146 Å². The molecule has 8 nitrogen and oxygen atoms in total. The summed E-state index contributed by atoms with van der Waals surface area (Å²) in [7, 11) is -3.72. The van der Waals surface area contributed by atoms with Gasteiger partial charge >= 0.3 is 5.97 Å². The van der Waals surface area contributed by atoms with Crippen molar-refractivity contribution in [3.63, 3.8) is 0 Å². The van der Waals surface area contributed by atoms with Gasteiger partial charge in [0.1, 0.15) is 0 Å². The second-order valence-electron chi connectivity index (χ2n) is 6.13. The van der Waals surface area contributed by atoms with Gasteiger partial charge in [0.2, 0.25) is 10.0 Å². The molecule has 2 N–H and O–H groups in total. The topological polar surface area (TPSA) is 113 Å². The van der Waals surface area contributed by atoms with Crippen LogP contribution in [-0.2, 0) is 19.6 Å². The molecule has 1 fully saturated rings. The summed E-state index contributed by atoms with van der Waals surface area (Å²) in [5.74, 6) is -1.43. The highest BCUT2D eigenvalue weighted by Crippen LogP contribution is 2.18. The van der Waals surface area contributed by atoms with Crippen molar-refractivity contribution in [3.05, 3.63) is 29.8 Å². The third kappa shape index (κ3) is 5.00. The van der Waals surface area contributed by atoms with E-state index in [1.54, 1.807) is 13.8 Å². The van der Waals surface area contributed by atoms with E-state index in [0.717, 1.165) is 0 Å². The molecule has 25 heavy (non-hydrogen) atoms. The molecule has 1 atom stereocenters. The van der Waals surface area contributed by atoms with E-state index in [4.69, 9.17) is 9.84 Å². The lowest BCUT2D eigenvalue weighted by Gasteiger charge is -2.35. The molecule has 1 amide bonds. The molecule has 1 aliphatic heterocycles. The minimum Gasteiger partial charge on any atom is -0.481 e. The van der Waals surface area contributed by atoms with Crippen molar-refractivity contribution in [1.29, 1.82) is 0 Å². The van der Waals surface area contributed by atoms with Crippen LogP contribution in [0.2, 0.25) is 0 Å². The summed E-state index contributed by atoms with van der Waals surface area (Å²) in [5.41, 5.74) is 0.198. The van der Waals surface area contributed by atoms with Gasteiger partial charge < -0.3 is 14.7 Å². The average molecular weight is 370 g/mol. The van der Waals surface area contributed by atoms with Gasteiger partial charge in [-0.2, -0.15) is 0 Å². The molecule has 1 aliphatic rings. The van der Waals surface area contributed by atoms with Crippen LogP contribution in [0.1, 0.15) is 30.6 Å². The summed E-state index contributed by atoms with van der Waals surface area (Å²) in [6.45, 7) is 4.13. The van der Waals surface area contributed by atoms with Gasteiger partial charge in [-0.25, -0.2) is 13.1 Å². The Morgan fingerprint density at radius 1 is 1.40 bits per heavy atom. The van der Waals surface area contributed by atoms with E-state index in [0.29, 0.717) is 6.61 Å². The van der Waals surface area contributed by atoms with Crippen LogP contribution in [0.15, 0.2) is 29.2 Å². The number of ether oxygens (including phenoxy) is 1. The Morgan fingerprint density at radius 2 is 2.12 bits per heavy atom. The van der Waals surface area contributed by atoms with Gasteiger partial charge in [0.25, 0.3) is 5.91 Å². The molecule has 9 heteroatoms. The first-order chi connectivity index (χ1) is 11.7. The predicted octanol–water partition coefficient (Wildman–Crippen LogP) is 0.689. The van der Waals surface area contributed by atoms with Crippen LogP contribution in [0, 0.1) is 0 Å². The van der Waals surface area contributed by atoms with Gasteiger partial charge in [-0.05, 0) is 32.0 Å². The number of morpholine rings is 1. The number of hydrogen-bond donors (Lipinski definition) is 2. The number of hydrogen-bond acceptors (Lipinski definition) is 5. The Balaban J connectivity index is 2.27. The lowest BCUT2D eigenvalue weighted by molar-refractivity contribution is -0.139. The normalized spacial score (nSPS) is 18.4. The fourth-order valence-electron chi connectivity index (χ4n) is 2.63. The van der Waals surface area contributed by atoms with Crippen molar-refractivity contribution >= 4 is 21.9 Å². The van der Waals surface area contributed by atoms with Crippen LogP contribution in [0.25, 0.3) is 0 Å². The smallest absolute Gasteiger partial charge is 0.305 e. The van der Waals surface area contributed by atoms with Crippen molar-refractivity contribution in [2.75, 3.05) is 19.8 Å². The second kappa shape index (κ2) is 7.94. The third-order valence-corrected chi connectivity index (χ3v) is 5.34. The largest absolute Gasteiger partial charge is 0.481 e. The Morgan fingerprint density at radius 3 is 2.76 bits per heavy atom. The number of aliphatic carboxylic acids is 1. The van der Waals surface area contributed by atoms with Crippen LogP contribution >= 0.6 is 0 Å². The lowest BCUT2D eigenvalue weighted by atomic mass is 10.1. The van der Waals surface area contributed by atoms with Gasteiger partial charge in [-0.15, -0.1) is 0 Å². The predicted molar refractivity (Wildman–Crippen MR) is 89.8 cm³/mol. The second-order valence-corrected chi connectivity index (χ2v) is 7.84. The van der Waals surface area contributed by atoms with E-state index < -0.39 is 27.9 Å². The molecular weight excluding hydrogens is 348 g/mol. The standard InChI is InChI=1S/C16H22N2O6S/c1-11(2)17-25(22,23)14-5-3-4-12(8-14)16(21)18-6-7-24-10-13(18)9-15(19)20/h3-5,8,11,13,17H,6-7,9-10H2,1-2H3,(H,19,20). The fourth-order valence-corrected chi connectivity index (χ4v) is 3.93. The maximum absolute atomic E-state index is 12.8. The lowest BCUT2D eigenvalue weighted by Crippen LogP contribution is -2.49. The molecule has 0 saturated carbocycles. The van der Waals surface area contributed by atoms with E-state index >= 15 is 0 Å². The van der Waals surface area contributed by atoms with E-state index in [1.807, 2.05) is 0 Å². The van der Waals surface area contributed by atoms with E-state index in [-0.39, 0.29) is 36.1 Å². The zero-order valence-electron chi connectivity index (χ0n) is 14.1. The maximum atomic E-state index is 12.8. The number of carbonyl (C=O) groups is 2. The highest BCUT2D eigenvalue weighted by atomic mass is 32.2. The highest BCUT2D eigenvalue weighted by molar-refractivity contribution is 7.89. The number of carboxylic acid groups (broad SMARTS) is 1. The van der Waals surface area contributed by atoms with Crippen LogP contribution in [-0.4, -0.2) is 62.1 Å². The molecule has 1 aromatic rings. The summed E-state index contributed by atoms with van der Waals surface area (Å²) >= 11 is 0. The third-order valence-electron chi connectivity index (χ3n) is 3.68. The molecule has 138 valence electrons. The number of amides is 1. The maximum Gasteiger partial charge on any atom is 0.305 e. The zero-order valence-corrected chi connectivity index (χ0v) is 15.0. The van der Waals surface area contributed by atoms with Crippen molar-refractivity contribution in [1.82, 2.24) is 9.62 Å². The summed E-state index contributed by atoms with van der Waals surface area (Å²) in [4.78, 5) is 25.2. The number of carbonyl (C=O) groups excluding carboxylic acids is 1. The van der Waals surface area contributed by atoms with Crippen molar-refractivity contribution < 1.29 is 27.9 Å². The van der Waals surface area contributed by atoms with Crippen molar-refractivity contribution in [2.24, 2.45) is 0 Å². The van der Waals surface area contributed by atoms with E-state index in [9.17, 15) is 18.0 Å². The molecule has 1 unspecified atom stereocenters. The Hall–Kier alpha value is -1.97. The van der Waals surface area contributed by atoms with Crippen LogP contribution in [0.5, 0.6) is 0 Å². The molecule has 1 heterocycles. The number of sulfonamides is 1. The minimum absolute atomic E-state index is 0.00454. The van der Waals surface area contributed by atoms with Gasteiger partial charge in [-0.1, -0.05) is 6.07 Å². The SMILES string of the molecule is CC(C)NS(=O)(=O)c1cccc(C(=O)N2CCOCC2CC(=O)O)c1. The van der Waals surface area contributed by atoms with E-state index in [1.165, 1.54) is 29.2 Å². The van der Waals surface area contributed by atoms with Gasteiger partial charge in [0.05, 0.1) is 30.6 Å². The van der Waals surface area contributed by atoms with Gasteiger partial charge in [-0.3, -0.25) is 9.59 Å². The molecule has 0 spiro atoms. The van der Waals surface area contributed by atoms with Crippen molar-refractivity contribution in [3.8, 4) is 0 Å². The molecule has 0 radical (unpaired) electrons. The minimum atomic E-state index is -3.72. The van der Waals surface area contributed by atoms with E-state index in [2.05, 4.69) is 4.72 Å². The quantitative estimate of drug-likeness (QED) is 0.762. The highest BCUT2D eigenvalue weighted by Gasteiger charge is 2.30. The van der Waals surface area contributed by atoms with Crippen LogP contribution in [0.3, 0.4) is 0 Å². The van der Waals surface area contributed by atoms with Crippen LogP contribution in [0.4, 0.5) is 0 Å². The van der Waals surface area contributed by atoms with Gasteiger partial charge in [0, 0.05) is 18.2 Å². The number of rotatable bonds is 6. The summed E-state index contributed by atoms with van der Waals surface area (Å²) in [6.07, 6.45) is -0.224. The molecule has 1 saturated heterocycles. The number of benzene rings is 1.